The summed E-state index contributed by atoms with van der Waals surface area (Å²) in [5.74, 6) is -2.17. The Morgan fingerprint density at radius 1 is 0.489 bits per heavy atom. The first-order valence-electron chi connectivity index (χ1n) is 31.1. The van der Waals surface area contributed by atoms with E-state index in [4.69, 9.17) is 21.7 Å². The van der Waals surface area contributed by atoms with Crippen molar-refractivity contribution < 1.29 is 47.8 Å². The van der Waals surface area contributed by atoms with Gasteiger partial charge in [-0.15, -0.1) is 0 Å². The molecule has 8 amide bonds. The fraction of sp³-hybridized carbons (Fsp3) is 0.357. The van der Waals surface area contributed by atoms with Crippen LogP contribution in [0.5, 0.6) is 11.5 Å². The molecule has 0 aromatic heterocycles. The predicted molar refractivity (Wildman–Crippen MR) is 359 cm³/mol. The molecule has 7 N–H and O–H groups in total. The van der Waals surface area contributed by atoms with E-state index in [2.05, 4.69) is 37.2 Å². The van der Waals surface area contributed by atoms with Crippen LogP contribution in [0.25, 0.3) is 0 Å². The molecule has 22 heteroatoms. The summed E-state index contributed by atoms with van der Waals surface area (Å²) in [5, 5.41) is 21.6. The van der Waals surface area contributed by atoms with Gasteiger partial charge in [0.15, 0.2) is 11.5 Å². The highest BCUT2D eigenvalue weighted by molar-refractivity contribution is 8.23. The average Bonchev–Trinajstić information content (AvgIpc) is 1.41. The van der Waals surface area contributed by atoms with Crippen LogP contribution in [0.15, 0.2) is 109 Å². The number of thiocarbonyl (C=S) groups is 1. The standard InChI is InChI=1S/C70H80N10O10S2/c1-43-45(3)54-21-19-52(43)63(82)72-28-33-78-34-29-73-64(83)53-20-22-55(46(4)44(53)2)66(85)75-32-37-79(36-31-74-65(54)84)40-51(18-13-27-71-62(81)56-23-24-57(48(6)47(56)5)69(88)80-38-39-92-70(80)91)77-68(87)59-26-25-58(67(86)76-30-35-78)60(89-41-49-14-9-7-10-15-49)61(59)90-42-50-16-11-8-12-17-50/h7-12,14-17,19-26,51H,13,18,27-42H2,1-6H3,(H,71,81)(H,72,82)(H,73,83)(H,74,84)(H,75,85)(H,76,86)(H,77,87). The van der Waals surface area contributed by atoms with E-state index in [9.17, 15) is 33.6 Å². The maximum Gasteiger partial charge on any atom is 0.259 e. The first kappa shape index (κ1) is 67.4. The van der Waals surface area contributed by atoms with Crippen LogP contribution in [0.2, 0.25) is 0 Å². The van der Waals surface area contributed by atoms with Crippen LogP contribution in [-0.2, 0) is 13.2 Å². The van der Waals surface area contributed by atoms with E-state index in [1.165, 1.54) is 17.8 Å². The van der Waals surface area contributed by atoms with E-state index in [1.54, 1.807) is 75.1 Å². The Balaban J connectivity index is 1.09. The normalized spacial score (nSPS) is 18.1. The Labute approximate surface area is 546 Å². The lowest BCUT2D eigenvalue weighted by Crippen LogP contribution is -2.48. The minimum absolute atomic E-state index is 0.000126. The summed E-state index contributed by atoms with van der Waals surface area (Å²) in [5.41, 5.74) is 8.10. The second kappa shape index (κ2) is 31.9. The summed E-state index contributed by atoms with van der Waals surface area (Å²) < 4.78 is 13.8. The van der Waals surface area contributed by atoms with Crippen molar-refractivity contribution in [3.63, 3.8) is 0 Å². The zero-order valence-electron chi connectivity index (χ0n) is 52.9. The highest BCUT2D eigenvalue weighted by Gasteiger charge is 2.30. The molecule has 1 fully saturated rings. The number of nitrogens with one attached hydrogen (secondary N) is 7. The maximum atomic E-state index is 15.4. The molecule has 13 aliphatic rings. The van der Waals surface area contributed by atoms with Crippen molar-refractivity contribution in [1.29, 1.82) is 0 Å². The molecule has 6 aromatic rings. The molecule has 19 rings (SSSR count). The van der Waals surface area contributed by atoms with Gasteiger partial charge in [-0.25, -0.2) is 0 Å². The summed E-state index contributed by atoms with van der Waals surface area (Å²) in [6.07, 6.45) is 0.682. The average molecular weight is 1290 g/mol. The second-order valence-electron chi connectivity index (χ2n) is 23.2. The third kappa shape index (κ3) is 16.8. The summed E-state index contributed by atoms with van der Waals surface area (Å²) >= 11 is 6.90. The molecule has 482 valence electrons. The molecule has 8 bridgehead atoms. The molecular weight excluding hydrogens is 1200 g/mol. The molecule has 92 heavy (non-hydrogen) atoms. The van der Waals surface area contributed by atoms with E-state index >= 15 is 4.79 Å². The lowest BCUT2D eigenvalue weighted by molar-refractivity contribution is 0.0856. The summed E-state index contributed by atoms with van der Waals surface area (Å²) in [6.45, 7) is 13.9. The lowest BCUT2D eigenvalue weighted by atomic mass is 9.96. The maximum absolute atomic E-state index is 15.4. The quantitative estimate of drug-likeness (QED) is 0.0475. The Morgan fingerprint density at radius 2 is 0.880 bits per heavy atom. The first-order chi connectivity index (χ1) is 44.4. The number of nitrogens with zero attached hydrogens (tertiary/aromatic N) is 3. The molecule has 0 aliphatic carbocycles. The van der Waals surface area contributed by atoms with E-state index in [-0.39, 0.29) is 137 Å². The van der Waals surface area contributed by atoms with Crippen molar-refractivity contribution >= 4 is 75.6 Å². The van der Waals surface area contributed by atoms with Gasteiger partial charge in [0.1, 0.15) is 17.5 Å². The van der Waals surface area contributed by atoms with Crippen LogP contribution >= 0.6 is 24.0 Å². The van der Waals surface area contributed by atoms with Crippen molar-refractivity contribution in [2.24, 2.45) is 0 Å². The fourth-order valence-corrected chi connectivity index (χ4v) is 12.7. The number of thioether (sulfide) groups is 1. The van der Waals surface area contributed by atoms with E-state index < -0.39 is 17.9 Å². The number of hydrogen-bond donors (Lipinski definition) is 7. The van der Waals surface area contributed by atoms with Crippen molar-refractivity contribution in [2.75, 3.05) is 90.8 Å². The lowest BCUT2D eigenvalue weighted by Gasteiger charge is -2.29. The van der Waals surface area contributed by atoms with Crippen LogP contribution in [0.4, 0.5) is 0 Å². The number of amides is 8. The molecule has 1 saturated heterocycles. The van der Waals surface area contributed by atoms with Crippen LogP contribution in [0.1, 0.15) is 140 Å². The van der Waals surface area contributed by atoms with Gasteiger partial charge in [-0.2, -0.15) is 0 Å². The molecule has 0 radical (unpaired) electrons. The van der Waals surface area contributed by atoms with E-state index in [1.807, 2.05) is 84.3 Å². The highest BCUT2D eigenvalue weighted by Crippen LogP contribution is 2.37. The SMILES string of the molecule is Cc1c2ccc(c1C)C(=O)NCCN1CCNC(=O)c3ccc(c(C)c3C)C(=O)NCCN(CCNC2=O)CCNC(=O)c2ccc(c(OCc3ccccc3)c2OCc2ccccc2)C(=O)NC(CCCNC(=O)c2ccc(C(=O)N3CCSC3=S)c(C)c2C)C1. The number of ether oxygens (including phenoxy) is 2. The molecule has 13 heterocycles. The molecule has 13 aliphatic heterocycles. The molecule has 1 unspecified atom stereocenters. The Morgan fingerprint density at radius 3 is 1.32 bits per heavy atom. The summed E-state index contributed by atoms with van der Waals surface area (Å²) in [4.78, 5) is 119. The van der Waals surface area contributed by atoms with Gasteiger partial charge in [-0.3, -0.25) is 53.1 Å². The predicted octanol–water partition coefficient (Wildman–Crippen LogP) is 7.16. The molecule has 6 aromatic carbocycles. The van der Waals surface area contributed by atoms with Gasteiger partial charge in [-0.05, 0) is 147 Å². The minimum atomic E-state index is -0.666. The van der Waals surface area contributed by atoms with Crippen LogP contribution in [0, 0.1) is 41.5 Å². The van der Waals surface area contributed by atoms with Crippen LogP contribution < -0.4 is 46.7 Å². The van der Waals surface area contributed by atoms with Gasteiger partial charge in [-0.1, -0.05) is 84.6 Å². The van der Waals surface area contributed by atoms with Crippen molar-refractivity contribution in [1.82, 2.24) is 51.9 Å². The Bertz CT molecular complexity index is 3680. The van der Waals surface area contributed by atoms with Crippen LogP contribution in [0.3, 0.4) is 0 Å². The van der Waals surface area contributed by atoms with Gasteiger partial charge < -0.3 is 46.7 Å². The number of carbonyl (C=O) groups is 8. The Kier molecular flexibility index (Phi) is 23.4. The highest BCUT2D eigenvalue weighted by atomic mass is 32.2. The molecule has 20 nitrogen and oxygen atoms in total. The van der Waals surface area contributed by atoms with Gasteiger partial charge in [0.25, 0.3) is 47.3 Å². The third-order valence-corrected chi connectivity index (χ3v) is 18.7. The largest absolute Gasteiger partial charge is 0.484 e. The van der Waals surface area contributed by atoms with Gasteiger partial charge >= 0.3 is 0 Å². The van der Waals surface area contributed by atoms with Crippen molar-refractivity contribution in [3.05, 3.63) is 198 Å². The smallest absolute Gasteiger partial charge is 0.259 e. The molecular formula is C70H80N10O10S2. The van der Waals surface area contributed by atoms with Crippen LogP contribution in [-0.4, -0.2) is 163 Å². The summed E-state index contributed by atoms with van der Waals surface area (Å²) in [7, 11) is 0. The Hall–Kier alpha value is -8.96. The van der Waals surface area contributed by atoms with E-state index in [0.29, 0.717) is 104 Å². The first-order valence-corrected chi connectivity index (χ1v) is 32.5. The van der Waals surface area contributed by atoms with Gasteiger partial charge in [0.2, 0.25) is 0 Å². The monoisotopic (exact) mass is 1280 g/mol. The number of carbonyl (C=O) groups excluding carboxylic acids is 8. The van der Waals surface area contributed by atoms with Crippen molar-refractivity contribution in [3.8, 4) is 11.5 Å². The number of rotatable bonds is 12. The zero-order valence-corrected chi connectivity index (χ0v) is 54.6. The number of hydrogen-bond acceptors (Lipinski definition) is 14. The molecule has 0 spiro atoms. The fourth-order valence-electron chi connectivity index (χ4n) is 11.5. The molecule has 0 saturated carbocycles. The zero-order chi connectivity index (χ0) is 65.4. The summed E-state index contributed by atoms with van der Waals surface area (Å²) in [6, 6.07) is 31.1. The van der Waals surface area contributed by atoms with E-state index in [0.717, 1.165) is 16.9 Å². The van der Waals surface area contributed by atoms with Gasteiger partial charge in [0, 0.05) is 130 Å². The topological polar surface area (TPSA) is 249 Å². The van der Waals surface area contributed by atoms with Gasteiger partial charge in [0.05, 0.1) is 11.1 Å². The van der Waals surface area contributed by atoms with Crippen molar-refractivity contribution in [2.45, 2.75) is 73.6 Å². The molecule has 1 atom stereocenters. The third-order valence-electron chi connectivity index (χ3n) is 17.3. The minimum Gasteiger partial charge on any atom is -0.484 e. The second-order valence-corrected chi connectivity index (χ2v) is 24.9. The number of benzene rings is 6.